The Morgan fingerprint density at radius 2 is 0.774 bits per heavy atom. The molecule has 4 heteroatoms. The number of para-hydroxylation sites is 1. The first kappa shape index (κ1) is 37.1. The van der Waals surface area contributed by atoms with Gasteiger partial charge in [-0.2, -0.15) is 0 Å². The fraction of sp³-hybridized carbons (Fsp3) is 0.0517. The minimum Gasteiger partial charge on any atom is -0.459 e. The summed E-state index contributed by atoms with van der Waals surface area (Å²) in [6, 6.07) is 70.1. The quantitative estimate of drug-likeness (QED) is 0.154. The summed E-state index contributed by atoms with van der Waals surface area (Å²) in [7, 11) is 0. The maximum atomic E-state index is 6.52. The molecular weight excluding hydrogens is 755 g/mol. The van der Waals surface area contributed by atoms with Crippen molar-refractivity contribution in [3.63, 3.8) is 0 Å². The molecule has 294 valence electrons. The van der Waals surface area contributed by atoms with E-state index in [2.05, 4.69) is 195 Å². The second-order valence-electron chi connectivity index (χ2n) is 16.0. The van der Waals surface area contributed by atoms with Gasteiger partial charge in [0, 0.05) is 39.1 Å². The predicted octanol–water partition coefficient (Wildman–Crippen LogP) is 15.5. The van der Waals surface area contributed by atoms with Gasteiger partial charge in [0.1, 0.15) is 11.3 Å². The Labute approximate surface area is 361 Å². The number of aromatic nitrogens is 3. The molecule has 4 nitrogen and oxygen atoms in total. The third-order valence-corrected chi connectivity index (χ3v) is 12.0. The maximum absolute atomic E-state index is 6.52. The Balaban J connectivity index is 0.907. The molecule has 0 radical (unpaired) electrons. The van der Waals surface area contributed by atoms with Crippen LogP contribution in [0.2, 0.25) is 0 Å². The van der Waals surface area contributed by atoms with Crippen LogP contribution in [0.15, 0.2) is 211 Å². The summed E-state index contributed by atoms with van der Waals surface area (Å²) in [5, 5.41) is 1.19. The molecule has 0 aliphatic heterocycles. The molecular formula is C58H41N3O. The number of fused-ring (bicyclic) bond motifs is 3. The number of benzene rings is 8. The third-order valence-electron chi connectivity index (χ3n) is 12.0. The molecule has 11 rings (SSSR count). The molecule has 0 amide bonds. The van der Waals surface area contributed by atoms with E-state index >= 15 is 0 Å². The average Bonchev–Trinajstić information content (AvgIpc) is 3.75. The second kappa shape index (κ2) is 15.9. The zero-order valence-corrected chi connectivity index (χ0v) is 34.2. The summed E-state index contributed by atoms with van der Waals surface area (Å²) in [5.74, 6) is 3.36. The smallest absolute Gasteiger partial charge is 0.164 e. The number of hydrogen-bond donors (Lipinski definition) is 0. The van der Waals surface area contributed by atoms with Crippen LogP contribution in [0.5, 0.6) is 0 Å². The highest BCUT2D eigenvalue weighted by molar-refractivity contribution is 5.99. The first-order chi connectivity index (χ1) is 30.6. The van der Waals surface area contributed by atoms with Gasteiger partial charge in [-0.3, -0.25) is 0 Å². The highest BCUT2D eigenvalue weighted by Gasteiger charge is 2.22. The number of furan rings is 1. The van der Waals surface area contributed by atoms with Gasteiger partial charge < -0.3 is 4.42 Å². The van der Waals surface area contributed by atoms with Crippen LogP contribution in [0, 0.1) is 0 Å². The summed E-state index contributed by atoms with van der Waals surface area (Å²) in [4.78, 5) is 15.5. The van der Waals surface area contributed by atoms with Crippen LogP contribution in [0.25, 0.3) is 107 Å². The Hall–Kier alpha value is -7.95. The van der Waals surface area contributed by atoms with Crippen LogP contribution in [-0.4, -0.2) is 15.0 Å². The van der Waals surface area contributed by atoms with Gasteiger partial charge in [0.15, 0.2) is 17.5 Å². The minimum absolute atomic E-state index is 0.388. The lowest BCUT2D eigenvalue weighted by Crippen LogP contribution is -2.02. The van der Waals surface area contributed by atoms with Gasteiger partial charge in [0.25, 0.3) is 0 Å². The summed E-state index contributed by atoms with van der Waals surface area (Å²) in [6.45, 7) is 2.24. The van der Waals surface area contributed by atoms with Crippen molar-refractivity contribution in [3.05, 3.63) is 218 Å². The zero-order valence-electron chi connectivity index (χ0n) is 34.2. The molecule has 0 spiro atoms. The van der Waals surface area contributed by atoms with Crippen molar-refractivity contribution in [1.82, 2.24) is 15.0 Å². The van der Waals surface area contributed by atoms with E-state index in [0.717, 1.165) is 79.0 Å². The number of rotatable bonds is 8. The lowest BCUT2D eigenvalue weighted by Gasteiger charge is -2.14. The van der Waals surface area contributed by atoms with E-state index in [1.165, 1.54) is 22.1 Å². The van der Waals surface area contributed by atoms with Crippen LogP contribution >= 0.6 is 0 Å². The Morgan fingerprint density at radius 3 is 1.29 bits per heavy atom. The van der Waals surface area contributed by atoms with E-state index in [9.17, 15) is 0 Å². The SMILES string of the molecule is CC1CC=Cc2c1oc1c(-c3ccc(-c4ccc(-c5ccc(-c6nc(-c7ccccc7-c7ccccc7)nc(-c7ccccc7-c7ccccc7)n6)cc5)cc4)cc3)cccc21. The Morgan fingerprint density at radius 1 is 0.371 bits per heavy atom. The van der Waals surface area contributed by atoms with E-state index in [-0.39, 0.29) is 0 Å². The zero-order chi connectivity index (χ0) is 41.4. The summed E-state index contributed by atoms with van der Waals surface area (Å²) in [6.07, 6.45) is 5.49. The molecule has 0 N–H and O–H groups in total. The Bertz CT molecular complexity index is 3140. The predicted molar refractivity (Wildman–Crippen MR) is 255 cm³/mol. The van der Waals surface area contributed by atoms with Gasteiger partial charge in [0.05, 0.1) is 0 Å². The van der Waals surface area contributed by atoms with E-state index < -0.39 is 0 Å². The van der Waals surface area contributed by atoms with Crippen LogP contribution in [0.4, 0.5) is 0 Å². The van der Waals surface area contributed by atoms with Gasteiger partial charge in [0.2, 0.25) is 0 Å². The van der Waals surface area contributed by atoms with Crippen molar-refractivity contribution in [2.24, 2.45) is 0 Å². The molecule has 1 atom stereocenters. The molecule has 2 aromatic heterocycles. The molecule has 0 bridgehead atoms. The van der Waals surface area contributed by atoms with Gasteiger partial charge in [-0.1, -0.05) is 219 Å². The summed E-state index contributed by atoms with van der Waals surface area (Å²) < 4.78 is 6.52. The summed E-state index contributed by atoms with van der Waals surface area (Å²) >= 11 is 0. The van der Waals surface area contributed by atoms with E-state index in [0.29, 0.717) is 23.4 Å². The fourth-order valence-electron chi connectivity index (χ4n) is 8.77. The lowest BCUT2D eigenvalue weighted by molar-refractivity contribution is 0.504. The van der Waals surface area contributed by atoms with Crippen LogP contribution in [0.1, 0.15) is 30.6 Å². The summed E-state index contributed by atoms with van der Waals surface area (Å²) in [5.41, 5.74) is 16.2. The van der Waals surface area contributed by atoms with Crippen molar-refractivity contribution in [3.8, 4) is 89.8 Å². The van der Waals surface area contributed by atoms with Crippen molar-refractivity contribution in [2.45, 2.75) is 19.3 Å². The first-order valence-electron chi connectivity index (χ1n) is 21.2. The molecule has 0 fully saturated rings. The van der Waals surface area contributed by atoms with Crippen LogP contribution in [-0.2, 0) is 0 Å². The molecule has 1 aliphatic rings. The fourth-order valence-corrected chi connectivity index (χ4v) is 8.77. The van der Waals surface area contributed by atoms with Crippen molar-refractivity contribution >= 4 is 17.0 Å². The van der Waals surface area contributed by atoms with Gasteiger partial charge in [-0.25, -0.2) is 15.0 Å². The van der Waals surface area contributed by atoms with Crippen molar-refractivity contribution < 1.29 is 4.42 Å². The van der Waals surface area contributed by atoms with Gasteiger partial charge in [-0.15, -0.1) is 0 Å². The number of allylic oxidation sites excluding steroid dienone is 1. The second-order valence-corrected chi connectivity index (χ2v) is 16.0. The average molecular weight is 796 g/mol. The molecule has 2 heterocycles. The molecule has 1 unspecified atom stereocenters. The van der Waals surface area contributed by atoms with Gasteiger partial charge in [-0.05, 0) is 56.5 Å². The van der Waals surface area contributed by atoms with Crippen LogP contribution in [0.3, 0.4) is 0 Å². The molecule has 62 heavy (non-hydrogen) atoms. The topological polar surface area (TPSA) is 51.8 Å². The first-order valence-corrected chi connectivity index (χ1v) is 21.2. The van der Waals surface area contributed by atoms with E-state index in [1.54, 1.807) is 0 Å². The third kappa shape index (κ3) is 6.92. The normalized spacial score (nSPS) is 13.3. The highest BCUT2D eigenvalue weighted by Crippen LogP contribution is 2.41. The minimum atomic E-state index is 0.388. The molecule has 1 aliphatic carbocycles. The molecule has 8 aromatic carbocycles. The van der Waals surface area contributed by atoms with Gasteiger partial charge >= 0.3 is 0 Å². The largest absolute Gasteiger partial charge is 0.459 e. The molecule has 10 aromatic rings. The standard InChI is InChI=1S/C58H41N3O/c1-38-14-12-24-50-51-25-13-23-49(55(51)62-54(38)50)45-34-30-41(31-35-45)39-26-28-40(29-27-39)42-32-36-46(37-33-42)56-59-57(52-21-10-8-19-47(52)43-15-4-2-5-16-43)61-58(60-56)53-22-11-9-20-48(53)44-17-6-3-7-18-44/h2-13,15-38H,14H2,1H3. The van der Waals surface area contributed by atoms with Crippen molar-refractivity contribution in [2.75, 3.05) is 0 Å². The highest BCUT2D eigenvalue weighted by atomic mass is 16.3. The van der Waals surface area contributed by atoms with Crippen molar-refractivity contribution in [1.29, 1.82) is 0 Å². The number of nitrogens with zero attached hydrogens (tertiary/aromatic N) is 3. The Kier molecular flexibility index (Phi) is 9.51. The lowest BCUT2D eigenvalue weighted by atomic mass is 9.93. The maximum Gasteiger partial charge on any atom is 0.164 e. The molecule has 0 saturated heterocycles. The van der Waals surface area contributed by atoms with Crippen LogP contribution < -0.4 is 0 Å². The van der Waals surface area contributed by atoms with E-state index in [1.807, 2.05) is 24.3 Å². The molecule has 0 saturated carbocycles. The number of hydrogen-bond acceptors (Lipinski definition) is 4. The monoisotopic (exact) mass is 795 g/mol. The van der Waals surface area contributed by atoms with E-state index in [4.69, 9.17) is 19.4 Å².